The van der Waals surface area contributed by atoms with Crippen LogP contribution in [0.2, 0.25) is 0 Å². The molecule has 0 radical (unpaired) electrons. The van der Waals surface area contributed by atoms with E-state index in [1.165, 1.54) is 0 Å². The number of rotatable bonds is 3. The van der Waals surface area contributed by atoms with Gasteiger partial charge in [-0.25, -0.2) is 8.42 Å². The van der Waals surface area contributed by atoms with Gasteiger partial charge in [0.15, 0.2) is 0 Å². The Kier molecular flexibility index (Phi) is 13.7. The fourth-order valence-corrected chi connectivity index (χ4v) is 1.38. The summed E-state index contributed by atoms with van der Waals surface area (Å²) in [6, 6.07) is 0. The van der Waals surface area contributed by atoms with Crippen molar-refractivity contribution in [1.29, 1.82) is 0 Å². The van der Waals surface area contributed by atoms with Gasteiger partial charge >= 0.3 is 29.6 Å². The van der Waals surface area contributed by atoms with Gasteiger partial charge in [0.2, 0.25) is 0 Å². The number of thiol groups is 2. The van der Waals surface area contributed by atoms with E-state index < -0.39 is 10.1 Å². The summed E-state index contributed by atoms with van der Waals surface area (Å²) in [5.74, 6) is -0.384. The summed E-state index contributed by atoms with van der Waals surface area (Å²) in [6.07, 6.45) is 0.193. The van der Waals surface area contributed by atoms with E-state index >= 15 is 0 Å². The molecular weight excluding hydrogens is 219 g/mol. The van der Waals surface area contributed by atoms with Crippen LogP contribution in [0.4, 0.5) is 0 Å². The Hall–Kier alpha value is 1.57. The van der Waals surface area contributed by atoms with Crippen molar-refractivity contribution >= 4 is 35.4 Å². The van der Waals surface area contributed by atoms with Crippen LogP contribution in [0.1, 0.15) is 6.42 Å². The predicted molar refractivity (Wildman–Crippen MR) is 44.6 cm³/mol. The van der Waals surface area contributed by atoms with E-state index in [4.69, 9.17) is 0 Å². The smallest absolute Gasteiger partial charge is 0.748 e. The normalized spacial score (nSPS) is 10.2. The molecular formula is C3H9NaO4S3. The summed E-state index contributed by atoms with van der Waals surface area (Å²) in [5, 5.41) is 0. The van der Waals surface area contributed by atoms with Crippen molar-refractivity contribution in [2.24, 2.45) is 0 Å². The molecule has 64 valence electrons. The van der Waals surface area contributed by atoms with Crippen molar-refractivity contribution in [2.45, 2.75) is 11.0 Å². The van der Waals surface area contributed by atoms with Gasteiger partial charge in [0.05, 0.1) is 10.1 Å². The minimum atomic E-state index is -4.07. The molecule has 0 aliphatic carbocycles. The molecule has 0 amide bonds. The van der Waals surface area contributed by atoms with Crippen molar-refractivity contribution in [3.63, 3.8) is 0 Å². The number of hydrogen-bond acceptors (Lipinski definition) is 5. The Morgan fingerprint density at radius 1 is 1.36 bits per heavy atom. The zero-order chi connectivity index (χ0) is 7.49. The summed E-state index contributed by atoms with van der Waals surface area (Å²) < 4.78 is 29.4. The van der Waals surface area contributed by atoms with Crippen molar-refractivity contribution in [2.75, 3.05) is 5.75 Å². The van der Waals surface area contributed by atoms with Crippen molar-refractivity contribution < 1.29 is 48.0 Å². The quantitative estimate of drug-likeness (QED) is 0.225. The van der Waals surface area contributed by atoms with Gasteiger partial charge < -0.3 is 10.0 Å². The van der Waals surface area contributed by atoms with Crippen LogP contribution in [0.25, 0.3) is 0 Å². The van der Waals surface area contributed by atoms with Crippen LogP contribution >= 0.6 is 25.3 Å². The standard InChI is InChI=1S/C3H8O3S3.Na.H2O/c4-9(5,6)2-1-3(7)8;;/h3,7-8H,1-2H2,(H,4,5,6);;1H2/q;+1;/p-1. The topological polar surface area (TPSA) is 88.7 Å². The zero-order valence-corrected chi connectivity index (χ0v) is 10.6. The fourth-order valence-electron chi connectivity index (χ4n) is 0.250. The van der Waals surface area contributed by atoms with Crippen LogP contribution in [0.3, 0.4) is 0 Å². The van der Waals surface area contributed by atoms with Crippen molar-refractivity contribution in [3.05, 3.63) is 0 Å². The average molecular weight is 228 g/mol. The Morgan fingerprint density at radius 2 is 1.73 bits per heavy atom. The van der Waals surface area contributed by atoms with Gasteiger partial charge in [-0.3, -0.25) is 0 Å². The van der Waals surface area contributed by atoms with Gasteiger partial charge in [-0.1, -0.05) is 0 Å². The summed E-state index contributed by atoms with van der Waals surface area (Å²) in [7, 11) is -4.07. The second-order valence-corrected chi connectivity index (χ2v) is 4.71. The van der Waals surface area contributed by atoms with Gasteiger partial charge in [-0.15, -0.1) is 0 Å². The van der Waals surface area contributed by atoms with Gasteiger partial charge in [0.1, 0.15) is 0 Å². The third kappa shape index (κ3) is 18.5. The van der Waals surface area contributed by atoms with Crippen LogP contribution in [0.15, 0.2) is 0 Å². The minimum absolute atomic E-state index is 0. The van der Waals surface area contributed by atoms with Crippen LogP contribution in [-0.2, 0) is 10.1 Å². The van der Waals surface area contributed by atoms with E-state index in [0.29, 0.717) is 0 Å². The Morgan fingerprint density at radius 3 is 1.82 bits per heavy atom. The minimum Gasteiger partial charge on any atom is -0.748 e. The van der Waals surface area contributed by atoms with E-state index in [-0.39, 0.29) is 51.8 Å². The monoisotopic (exact) mass is 228 g/mol. The van der Waals surface area contributed by atoms with Gasteiger partial charge in [0.25, 0.3) is 0 Å². The first-order valence-corrected chi connectivity index (χ1v) is 4.82. The molecule has 8 heteroatoms. The Balaban J connectivity index is -0.000000320. The molecule has 0 aromatic carbocycles. The molecule has 0 aromatic rings. The molecule has 0 atom stereocenters. The van der Waals surface area contributed by atoms with Crippen molar-refractivity contribution in [3.8, 4) is 0 Å². The molecule has 0 fully saturated rings. The van der Waals surface area contributed by atoms with Gasteiger partial charge in [-0.05, 0) is 6.42 Å². The molecule has 0 aliphatic heterocycles. The molecule has 2 N–H and O–H groups in total. The summed E-state index contributed by atoms with van der Waals surface area (Å²) in [5.41, 5.74) is 0. The molecule has 0 saturated carbocycles. The van der Waals surface area contributed by atoms with E-state index in [2.05, 4.69) is 25.3 Å². The molecule has 11 heavy (non-hydrogen) atoms. The van der Waals surface area contributed by atoms with E-state index in [1.54, 1.807) is 0 Å². The largest absolute Gasteiger partial charge is 1.00 e. The maximum Gasteiger partial charge on any atom is 1.00 e. The first-order chi connectivity index (χ1) is 3.92. The van der Waals surface area contributed by atoms with Crippen LogP contribution < -0.4 is 29.6 Å². The molecule has 0 aromatic heterocycles. The Labute approximate surface area is 99.3 Å². The molecule has 0 spiro atoms. The summed E-state index contributed by atoms with van der Waals surface area (Å²) in [6.45, 7) is 0. The predicted octanol–water partition coefficient (Wildman–Crippen LogP) is -3.71. The van der Waals surface area contributed by atoms with Gasteiger partial charge in [0, 0.05) is 10.3 Å². The maximum absolute atomic E-state index is 9.91. The molecule has 0 saturated heterocycles. The Bertz CT molecular complexity index is 165. The molecule has 0 rings (SSSR count). The third-order valence-corrected chi connectivity index (χ3v) is 1.88. The fraction of sp³-hybridized carbons (Fsp3) is 1.00. The molecule has 4 nitrogen and oxygen atoms in total. The average Bonchev–Trinajstić information content (AvgIpc) is 1.59. The molecule has 0 heterocycles. The van der Waals surface area contributed by atoms with Crippen LogP contribution in [0.5, 0.6) is 0 Å². The maximum atomic E-state index is 9.91. The number of hydrogen-bond donors (Lipinski definition) is 2. The third-order valence-electron chi connectivity index (χ3n) is 0.626. The zero-order valence-electron chi connectivity index (χ0n) is 6.02. The van der Waals surface area contributed by atoms with Gasteiger partial charge in [-0.2, -0.15) is 25.3 Å². The van der Waals surface area contributed by atoms with Crippen LogP contribution in [0, 0.1) is 0 Å². The van der Waals surface area contributed by atoms with Crippen molar-refractivity contribution in [1.82, 2.24) is 0 Å². The van der Waals surface area contributed by atoms with E-state index in [0.717, 1.165) is 0 Å². The second kappa shape index (κ2) is 8.18. The SMILES string of the molecule is O.O=S(=O)([O-])CCC(S)S.[Na+]. The van der Waals surface area contributed by atoms with Crippen LogP contribution in [-0.4, -0.2) is 28.8 Å². The molecule has 0 bridgehead atoms. The first kappa shape index (κ1) is 18.4. The first-order valence-electron chi connectivity index (χ1n) is 2.21. The van der Waals surface area contributed by atoms with E-state index in [1.807, 2.05) is 0 Å². The van der Waals surface area contributed by atoms with E-state index in [9.17, 15) is 13.0 Å². The molecule has 0 aliphatic rings. The summed E-state index contributed by atoms with van der Waals surface area (Å²) in [4.78, 5) is 0. The summed E-state index contributed by atoms with van der Waals surface area (Å²) >= 11 is 7.54. The molecule has 0 unspecified atom stereocenters. The second-order valence-electron chi connectivity index (χ2n) is 1.53.